The fourth-order valence-corrected chi connectivity index (χ4v) is 3.48. The Morgan fingerprint density at radius 1 is 0.833 bits per heavy atom. The van der Waals surface area contributed by atoms with Crippen LogP contribution < -0.4 is 4.74 Å². The second-order valence-corrected chi connectivity index (χ2v) is 7.38. The zero-order valence-corrected chi connectivity index (χ0v) is 17.9. The molecule has 3 nitrogen and oxygen atoms in total. The molecule has 0 saturated heterocycles. The van der Waals surface area contributed by atoms with Gasteiger partial charge in [-0.15, -0.1) is 0 Å². The largest absolute Gasteiger partial charge is 0.491 e. The van der Waals surface area contributed by atoms with E-state index in [4.69, 9.17) is 4.74 Å². The first-order valence-corrected chi connectivity index (χ1v) is 10.3. The summed E-state index contributed by atoms with van der Waals surface area (Å²) in [5, 5.41) is 9.24. The number of rotatable bonds is 8. The number of benzene rings is 3. The van der Waals surface area contributed by atoms with Crippen molar-refractivity contribution in [2.24, 2.45) is 0 Å². The van der Waals surface area contributed by atoms with Crippen molar-refractivity contribution in [3.63, 3.8) is 0 Å². The van der Waals surface area contributed by atoms with Crippen molar-refractivity contribution in [3.8, 4) is 11.8 Å². The van der Waals surface area contributed by atoms with Crippen molar-refractivity contribution < 1.29 is 4.74 Å². The quantitative estimate of drug-likeness (QED) is 0.446. The lowest BCUT2D eigenvalue weighted by molar-refractivity contribution is 0.221. The standard InChI is InChI=1S/C27H28N2O/c1-4-26(21-11-7-5-8-12-21)27(22-13-9-6-10-14-22)23-15-17-25(18-16-23)30-20-24(19-28)29(2)3/h5-18,24H,4,20H2,1-3H3/b27-26-. The van der Waals surface area contributed by atoms with Crippen molar-refractivity contribution in [3.05, 3.63) is 102 Å². The molecule has 3 heteroatoms. The molecule has 152 valence electrons. The lowest BCUT2D eigenvalue weighted by Gasteiger charge is -2.18. The minimum atomic E-state index is -0.269. The van der Waals surface area contributed by atoms with E-state index in [1.54, 1.807) is 0 Å². The Bertz CT molecular complexity index is 1000. The molecule has 0 radical (unpaired) electrons. The fourth-order valence-electron chi connectivity index (χ4n) is 3.48. The summed E-state index contributed by atoms with van der Waals surface area (Å²) in [6.07, 6.45) is 0.930. The Hall–Kier alpha value is -3.35. The Balaban J connectivity index is 1.97. The molecule has 1 unspecified atom stereocenters. The molecule has 0 saturated carbocycles. The van der Waals surface area contributed by atoms with Gasteiger partial charge in [0.2, 0.25) is 0 Å². The highest BCUT2D eigenvalue weighted by atomic mass is 16.5. The van der Waals surface area contributed by atoms with E-state index in [-0.39, 0.29) is 6.04 Å². The van der Waals surface area contributed by atoms with Gasteiger partial charge in [0.1, 0.15) is 18.4 Å². The molecule has 0 aliphatic carbocycles. The summed E-state index contributed by atoms with van der Waals surface area (Å²) in [7, 11) is 3.76. The number of hydrogen-bond acceptors (Lipinski definition) is 3. The van der Waals surface area contributed by atoms with E-state index < -0.39 is 0 Å². The Morgan fingerprint density at radius 3 is 1.87 bits per heavy atom. The predicted molar refractivity (Wildman–Crippen MR) is 124 cm³/mol. The number of likely N-dealkylation sites (N-methyl/N-ethyl adjacent to an activating group) is 1. The molecule has 0 aliphatic rings. The molecule has 3 aromatic rings. The maximum Gasteiger partial charge on any atom is 0.132 e. The van der Waals surface area contributed by atoms with E-state index in [1.165, 1.54) is 22.3 Å². The van der Waals surface area contributed by atoms with Crippen LogP contribution in [0, 0.1) is 11.3 Å². The van der Waals surface area contributed by atoms with E-state index >= 15 is 0 Å². The lowest BCUT2D eigenvalue weighted by Crippen LogP contribution is -2.32. The Labute approximate surface area is 179 Å². The van der Waals surface area contributed by atoms with Crippen LogP contribution in [0.1, 0.15) is 30.0 Å². The smallest absolute Gasteiger partial charge is 0.132 e. The summed E-state index contributed by atoms with van der Waals surface area (Å²) in [6, 6.07) is 31.2. The first kappa shape index (κ1) is 21.4. The second kappa shape index (κ2) is 10.4. The fraction of sp³-hybridized carbons (Fsp3) is 0.222. The molecule has 3 rings (SSSR count). The first-order valence-electron chi connectivity index (χ1n) is 10.3. The SMILES string of the molecule is CC/C(=C(\c1ccccc1)c1ccc(OCC(C#N)N(C)C)cc1)c1ccccc1. The highest BCUT2D eigenvalue weighted by Crippen LogP contribution is 2.34. The number of nitrogens with zero attached hydrogens (tertiary/aromatic N) is 2. The van der Waals surface area contributed by atoms with Crippen molar-refractivity contribution >= 4 is 11.1 Å². The van der Waals surface area contributed by atoms with Crippen LogP contribution >= 0.6 is 0 Å². The molecule has 0 spiro atoms. The Kier molecular flexibility index (Phi) is 7.43. The maximum absolute atomic E-state index is 9.24. The van der Waals surface area contributed by atoms with Crippen molar-refractivity contribution in [2.75, 3.05) is 20.7 Å². The van der Waals surface area contributed by atoms with Gasteiger partial charge in [-0.3, -0.25) is 4.90 Å². The summed E-state index contributed by atoms with van der Waals surface area (Å²) >= 11 is 0. The van der Waals surface area contributed by atoms with Crippen LogP contribution in [0.3, 0.4) is 0 Å². The highest BCUT2D eigenvalue weighted by Gasteiger charge is 2.14. The molecule has 1 atom stereocenters. The van der Waals surface area contributed by atoms with Crippen LogP contribution in [-0.2, 0) is 0 Å². The monoisotopic (exact) mass is 396 g/mol. The normalized spacial score (nSPS) is 12.8. The summed E-state index contributed by atoms with van der Waals surface area (Å²) in [5.74, 6) is 0.769. The van der Waals surface area contributed by atoms with Gasteiger partial charge in [0.15, 0.2) is 0 Å². The van der Waals surface area contributed by atoms with Crippen LogP contribution in [-0.4, -0.2) is 31.6 Å². The van der Waals surface area contributed by atoms with Crippen LogP contribution in [0.25, 0.3) is 11.1 Å². The maximum atomic E-state index is 9.24. The van der Waals surface area contributed by atoms with Gasteiger partial charge in [-0.1, -0.05) is 79.7 Å². The summed E-state index contributed by atoms with van der Waals surface area (Å²) in [4.78, 5) is 1.86. The van der Waals surface area contributed by atoms with E-state index in [1.807, 2.05) is 43.3 Å². The summed E-state index contributed by atoms with van der Waals surface area (Å²) in [5.41, 5.74) is 6.14. The van der Waals surface area contributed by atoms with Gasteiger partial charge in [-0.05, 0) is 60.5 Å². The zero-order valence-electron chi connectivity index (χ0n) is 17.9. The molecule has 0 N–H and O–H groups in total. The van der Waals surface area contributed by atoms with E-state index in [9.17, 15) is 5.26 Å². The third-order valence-electron chi connectivity index (χ3n) is 5.16. The van der Waals surface area contributed by atoms with E-state index in [0.717, 1.165) is 17.7 Å². The lowest BCUT2D eigenvalue weighted by atomic mass is 9.88. The minimum Gasteiger partial charge on any atom is -0.491 e. The molecule has 3 aromatic carbocycles. The molecule has 30 heavy (non-hydrogen) atoms. The van der Waals surface area contributed by atoms with Crippen LogP contribution in [0.5, 0.6) is 5.75 Å². The van der Waals surface area contributed by atoms with Gasteiger partial charge in [0, 0.05) is 0 Å². The Morgan fingerprint density at radius 2 is 1.37 bits per heavy atom. The average Bonchev–Trinajstić information content (AvgIpc) is 2.79. The van der Waals surface area contributed by atoms with Crippen molar-refractivity contribution in [1.29, 1.82) is 5.26 Å². The second-order valence-electron chi connectivity index (χ2n) is 7.38. The number of hydrogen-bond donors (Lipinski definition) is 0. The molecular weight excluding hydrogens is 368 g/mol. The first-order chi connectivity index (χ1) is 14.6. The third kappa shape index (κ3) is 5.17. The molecule has 0 bridgehead atoms. The van der Waals surface area contributed by atoms with Crippen molar-refractivity contribution in [1.82, 2.24) is 4.90 Å². The van der Waals surface area contributed by atoms with Gasteiger partial charge in [0.05, 0.1) is 6.07 Å². The van der Waals surface area contributed by atoms with Crippen LogP contribution in [0.4, 0.5) is 0 Å². The van der Waals surface area contributed by atoms with Gasteiger partial charge in [-0.25, -0.2) is 0 Å². The van der Waals surface area contributed by atoms with Gasteiger partial charge >= 0.3 is 0 Å². The summed E-state index contributed by atoms with van der Waals surface area (Å²) < 4.78 is 5.85. The molecule has 0 heterocycles. The van der Waals surface area contributed by atoms with Crippen LogP contribution in [0.2, 0.25) is 0 Å². The number of nitriles is 1. The zero-order chi connectivity index (χ0) is 21.3. The molecule has 0 aromatic heterocycles. The van der Waals surface area contributed by atoms with Crippen LogP contribution in [0.15, 0.2) is 84.9 Å². The van der Waals surface area contributed by atoms with Gasteiger partial charge < -0.3 is 4.74 Å². The molecule has 0 fully saturated rings. The molecule has 0 aliphatic heterocycles. The molecule has 0 amide bonds. The summed E-state index contributed by atoms with van der Waals surface area (Å²) in [6.45, 7) is 2.54. The topological polar surface area (TPSA) is 36.3 Å². The highest BCUT2D eigenvalue weighted by molar-refractivity contribution is 5.98. The average molecular weight is 397 g/mol. The number of ether oxygens (including phenoxy) is 1. The third-order valence-corrected chi connectivity index (χ3v) is 5.16. The number of allylic oxidation sites excluding steroid dienone is 1. The van der Waals surface area contributed by atoms with E-state index in [0.29, 0.717) is 6.61 Å². The van der Waals surface area contributed by atoms with Gasteiger partial charge in [-0.2, -0.15) is 5.26 Å². The minimum absolute atomic E-state index is 0.269. The molecular formula is C27H28N2O. The van der Waals surface area contributed by atoms with Gasteiger partial charge in [0.25, 0.3) is 0 Å². The van der Waals surface area contributed by atoms with E-state index in [2.05, 4.69) is 73.7 Å². The predicted octanol–water partition coefficient (Wildman–Crippen LogP) is 5.89. The van der Waals surface area contributed by atoms with Crippen molar-refractivity contribution in [2.45, 2.75) is 19.4 Å².